The lowest BCUT2D eigenvalue weighted by molar-refractivity contribution is -0.0246. The van der Waals surface area contributed by atoms with Crippen molar-refractivity contribution in [1.82, 2.24) is 9.80 Å². The summed E-state index contributed by atoms with van der Waals surface area (Å²) >= 11 is 0. The van der Waals surface area contributed by atoms with E-state index >= 15 is 0 Å². The SMILES string of the molecule is CC(C)(C)OC(=O)N1CC(N)C(F)(F)C1.CC1CN(C(=O)OC(C)(C)C)CC1(F)F. The van der Waals surface area contributed by atoms with Crippen molar-refractivity contribution in [3.63, 3.8) is 0 Å². The molecule has 0 aliphatic carbocycles. The van der Waals surface area contributed by atoms with Gasteiger partial charge in [-0.3, -0.25) is 0 Å². The molecule has 2 rings (SSSR count). The highest BCUT2D eigenvalue weighted by molar-refractivity contribution is 5.69. The Labute approximate surface area is 174 Å². The second-order valence-corrected chi connectivity index (χ2v) is 9.75. The number of carbonyl (C=O) groups is 2. The van der Waals surface area contributed by atoms with Gasteiger partial charge in [0.05, 0.1) is 19.1 Å². The number of alkyl halides is 4. The maximum atomic E-state index is 13.1. The summed E-state index contributed by atoms with van der Waals surface area (Å²) in [5.41, 5.74) is 3.88. The lowest BCUT2D eigenvalue weighted by Crippen LogP contribution is -2.38. The lowest BCUT2D eigenvalue weighted by atomic mass is 10.1. The number of nitrogens with zero attached hydrogens (tertiary/aromatic N) is 2. The van der Waals surface area contributed by atoms with E-state index in [-0.39, 0.29) is 13.1 Å². The molecule has 2 amide bonds. The van der Waals surface area contributed by atoms with Gasteiger partial charge in [-0.1, -0.05) is 6.92 Å². The molecule has 2 aliphatic rings. The molecule has 2 saturated heterocycles. The molecule has 0 saturated carbocycles. The average molecular weight is 443 g/mol. The third-order valence-electron chi connectivity index (χ3n) is 4.28. The van der Waals surface area contributed by atoms with Crippen molar-refractivity contribution in [3.05, 3.63) is 0 Å². The molecule has 0 radical (unpaired) electrons. The molecule has 2 aliphatic heterocycles. The maximum Gasteiger partial charge on any atom is 0.410 e. The molecule has 176 valence electrons. The molecule has 2 heterocycles. The predicted octanol–water partition coefficient (Wildman–Crippen LogP) is 3.71. The van der Waals surface area contributed by atoms with Crippen LogP contribution in [0.5, 0.6) is 0 Å². The first-order chi connectivity index (χ1) is 13.2. The lowest BCUT2D eigenvalue weighted by Gasteiger charge is -2.24. The molecule has 30 heavy (non-hydrogen) atoms. The summed E-state index contributed by atoms with van der Waals surface area (Å²) in [5.74, 6) is -6.61. The van der Waals surface area contributed by atoms with Crippen molar-refractivity contribution in [2.45, 2.75) is 77.6 Å². The third-order valence-corrected chi connectivity index (χ3v) is 4.28. The molecule has 7 nitrogen and oxygen atoms in total. The number of rotatable bonds is 0. The Morgan fingerprint density at radius 3 is 1.47 bits per heavy atom. The second kappa shape index (κ2) is 8.76. The van der Waals surface area contributed by atoms with Crippen LogP contribution >= 0.6 is 0 Å². The summed E-state index contributed by atoms with van der Waals surface area (Å²) in [6.07, 6.45) is -1.40. The monoisotopic (exact) mass is 443 g/mol. The molecule has 0 spiro atoms. The van der Waals surface area contributed by atoms with Crippen LogP contribution in [0.15, 0.2) is 0 Å². The number of nitrogens with two attached hydrogens (primary N) is 1. The highest BCUT2D eigenvalue weighted by Gasteiger charge is 2.49. The van der Waals surface area contributed by atoms with Crippen LogP contribution in [0, 0.1) is 5.92 Å². The maximum absolute atomic E-state index is 13.1. The Hall–Kier alpha value is -1.78. The first-order valence-corrected chi connectivity index (χ1v) is 9.70. The van der Waals surface area contributed by atoms with Crippen LogP contribution in [0.4, 0.5) is 27.2 Å². The van der Waals surface area contributed by atoms with E-state index < -0.39 is 60.3 Å². The Morgan fingerprint density at radius 1 is 0.833 bits per heavy atom. The zero-order valence-electron chi connectivity index (χ0n) is 18.6. The Bertz CT molecular complexity index is 578. The van der Waals surface area contributed by atoms with Crippen LogP contribution in [0.25, 0.3) is 0 Å². The standard InChI is InChI=1S/C10H17F2NO2.C9H16F2N2O2/c1-7-5-13(6-10(7,11)12)8(14)15-9(2,3)4;1-8(2,3)15-7(14)13-4-6(12)9(10,11)5-13/h7H,5-6H2,1-4H3;6H,4-5,12H2,1-3H3. The third kappa shape index (κ3) is 7.81. The van der Waals surface area contributed by atoms with Crippen molar-refractivity contribution in [3.8, 4) is 0 Å². The molecular weight excluding hydrogens is 410 g/mol. The summed E-state index contributed by atoms with van der Waals surface area (Å²) < 4.78 is 62.3. The summed E-state index contributed by atoms with van der Waals surface area (Å²) in [6, 6.07) is -1.30. The Morgan fingerprint density at radius 2 is 1.20 bits per heavy atom. The molecule has 2 fully saturated rings. The zero-order chi connectivity index (χ0) is 23.7. The number of ether oxygens (including phenoxy) is 2. The van der Waals surface area contributed by atoms with Crippen LogP contribution in [0.3, 0.4) is 0 Å². The number of halogens is 4. The van der Waals surface area contributed by atoms with Gasteiger partial charge in [-0.05, 0) is 41.5 Å². The zero-order valence-corrected chi connectivity index (χ0v) is 18.6. The van der Waals surface area contributed by atoms with Gasteiger partial charge in [-0.15, -0.1) is 0 Å². The van der Waals surface area contributed by atoms with E-state index in [0.717, 1.165) is 9.80 Å². The Kier molecular flexibility index (Phi) is 7.67. The molecule has 0 aromatic heterocycles. The fourth-order valence-electron chi connectivity index (χ4n) is 2.68. The number of carbonyl (C=O) groups excluding carboxylic acids is 2. The average Bonchev–Trinajstić information content (AvgIpc) is 2.92. The molecule has 0 aromatic carbocycles. The number of amides is 2. The van der Waals surface area contributed by atoms with Crippen molar-refractivity contribution in [1.29, 1.82) is 0 Å². The molecule has 2 atom stereocenters. The quantitative estimate of drug-likeness (QED) is 0.577. The van der Waals surface area contributed by atoms with Crippen molar-refractivity contribution in [2.24, 2.45) is 11.7 Å². The summed E-state index contributed by atoms with van der Waals surface area (Å²) in [4.78, 5) is 24.9. The Balaban J connectivity index is 0.000000300. The van der Waals surface area contributed by atoms with Crippen molar-refractivity contribution >= 4 is 12.2 Å². The minimum Gasteiger partial charge on any atom is -0.444 e. The van der Waals surface area contributed by atoms with E-state index in [9.17, 15) is 27.2 Å². The smallest absolute Gasteiger partial charge is 0.410 e. The number of hydrogen-bond donors (Lipinski definition) is 1. The minimum absolute atomic E-state index is 0.0575. The van der Waals surface area contributed by atoms with E-state index in [2.05, 4.69) is 0 Å². The normalized spacial score (nSPS) is 25.5. The topological polar surface area (TPSA) is 85.1 Å². The van der Waals surface area contributed by atoms with Gasteiger partial charge < -0.3 is 25.0 Å². The van der Waals surface area contributed by atoms with Crippen molar-refractivity contribution < 1.29 is 36.6 Å². The van der Waals surface area contributed by atoms with Crippen molar-refractivity contribution in [2.75, 3.05) is 26.2 Å². The van der Waals surface area contributed by atoms with Gasteiger partial charge in [0, 0.05) is 19.0 Å². The fourth-order valence-corrected chi connectivity index (χ4v) is 2.68. The van der Waals surface area contributed by atoms with Gasteiger partial charge in [-0.25, -0.2) is 27.2 Å². The molecule has 2 N–H and O–H groups in total. The minimum atomic E-state index is -3.02. The first-order valence-electron chi connectivity index (χ1n) is 9.70. The number of hydrogen-bond acceptors (Lipinski definition) is 5. The van der Waals surface area contributed by atoms with Gasteiger partial charge in [0.15, 0.2) is 0 Å². The van der Waals surface area contributed by atoms with E-state index in [1.165, 1.54) is 6.92 Å². The second-order valence-electron chi connectivity index (χ2n) is 9.75. The van der Waals surface area contributed by atoms with Gasteiger partial charge in [0.2, 0.25) is 0 Å². The van der Waals surface area contributed by atoms with Gasteiger partial charge in [-0.2, -0.15) is 0 Å². The summed E-state index contributed by atoms with van der Waals surface area (Å²) in [5, 5.41) is 0. The molecule has 0 bridgehead atoms. The summed E-state index contributed by atoms with van der Waals surface area (Å²) in [7, 11) is 0. The predicted molar refractivity (Wildman–Crippen MR) is 103 cm³/mol. The largest absolute Gasteiger partial charge is 0.444 e. The van der Waals surface area contributed by atoms with Gasteiger partial charge >= 0.3 is 12.2 Å². The van der Waals surface area contributed by atoms with Crippen LogP contribution in [-0.4, -0.2) is 77.3 Å². The van der Waals surface area contributed by atoms with Crippen LogP contribution in [-0.2, 0) is 9.47 Å². The molecule has 11 heteroatoms. The fraction of sp³-hybridized carbons (Fsp3) is 0.895. The van der Waals surface area contributed by atoms with E-state index in [1.54, 1.807) is 41.5 Å². The highest BCUT2D eigenvalue weighted by Crippen LogP contribution is 2.33. The highest BCUT2D eigenvalue weighted by atomic mass is 19.3. The van der Waals surface area contributed by atoms with Gasteiger partial charge in [0.1, 0.15) is 11.2 Å². The van der Waals surface area contributed by atoms with Gasteiger partial charge in [0.25, 0.3) is 11.8 Å². The van der Waals surface area contributed by atoms with E-state index in [1.807, 2.05) is 0 Å². The van der Waals surface area contributed by atoms with Crippen LogP contribution < -0.4 is 5.73 Å². The van der Waals surface area contributed by atoms with Crippen LogP contribution in [0.2, 0.25) is 0 Å². The van der Waals surface area contributed by atoms with E-state index in [4.69, 9.17) is 15.2 Å². The molecule has 0 aromatic rings. The van der Waals surface area contributed by atoms with Crippen LogP contribution in [0.1, 0.15) is 48.5 Å². The molecular formula is C19H33F4N3O4. The number of likely N-dealkylation sites (tertiary alicyclic amines) is 2. The van der Waals surface area contributed by atoms with E-state index in [0.29, 0.717) is 0 Å². The first kappa shape index (κ1) is 26.3. The summed E-state index contributed by atoms with van der Waals surface area (Å²) in [6.45, 7) is 10.3. The molecule has 2 unspecified atom stereocenters.